The monoisotopic (exact) mass is 228 g/mol. The standard InChI is InChI=1S/C9H10F2N4O/c10-7(11)9-15-14-8(16-9)5-1-2-6(3-12)13-4-5/h1-2,4,7-8,14H,3,12H2. The number of pyridine rings is 1. The highest BCUT2D eigenvalue weighted by Gasteiger charge is 2.27. The zero-order valence-electron chi connectivity index (χ0n) is 8.23. The first-order valence-electron chi connectivity index (χ1n) is 4.63. The predicted octanol–water partition coefficient (Wildman–Crippen LogP) is 0.737. The summed E-state index contributed by atoms with van der Waals surface area (Å²) in [7, 11) is 0. The average molecular weight is 228 g/mol. The van der Waals surface area contributed by atoms with Gasteiger partial charge in [-0.3, -0.25) is 10.4 Å². The van der Waals surface area contributed by atoms with Crippen LogP contribution in [0.5, 0.6) is 0 Å². The Balaban J connectivity index is 2.05. The molecule has 2 rings (SSSR count). The summed E-state index contributed by atoms with van der Waals surface area (Å²) in [6, 6.07) is 3.41. The van der Waals surface area contributed by atoms with Gasteiger partial charge in [0.25, 0.3) is 5.90 Å². The summed E-state index contributed by atoms with van der Waals surface area (Å²) in [6.45, 7) is 0.331. The van der Waals surface area contributed by atoms with Crippen molar-refractivity contribution in [2.75, 3.05) is 0 Å². The van der Waals surface area contributed by atoms with E-state index in [9.17, 15) is 8.78 Å². The molecule has 7 heteroatoms. The van der Waals surface area contributed by atoms with Gasteiger partial charge in [0.2, 0.25) is 6.23 Å². The summed E-state index contributed by atoms with van der Waals surface area (Å²) in [6.07, 6.45) is -1.90. The number of nitrogens with zero attached hydrogens (tertiary/aromatic N) is 2. The molecule has 0 radical (unpaired) electrons. The highest BCUT2D eigenvalue weighted by molar-refractivity contribution is 5.80. The Morgan fingerprint density at radius 1 is 1.50 bits per heavy atom. The van der Waals surface area contributed by atoms with Crippen LogP contribution in [0.1, 0.15) is 17.5 Å². The fraction of sp³-hybridized carbons (Fsp3) is 0.333. The number of halogens is 2. The summed E-state index contributed by atoms with van der Waals surface area (Å²) in [5.41, 5.74) is 9.18. The molecule has 0 saturated carbocycles. The fourth-order valence-electron chi connectivity index (χ4n) is 1.25. The Bertz CT molecular complexity index is 393. The zero-order chi connectivity index (χ0) is 11.5. The molecule has 0 aromatic carbocycles. The van der Waals surface area contributed by atoms with E-state index in [1.54, 1.807) is 12.1 Å². The number of hydrazone groups is 1. The van der Waals surface area contributed by atoms with Gasteiger partial charge >= 0.3 is 6.43 Å². The van der Waals surface area contributed by atoms with Crippen molar-refractivity contribution in [1.29, 1.82) is 0 Å². The van der Waals surface area contributed by atoms with Crippen molar-refractivity contribution in [3.8, 4) is 0 Å². The van der Waals surface area contributed by atoms with Gasteiger partial charge in [-0.2, -0.15) is 8.78 Å². The van der Waals surface area contributed by atoms with E-state index in [4.69, 9.17) is 10.5 Å². The van der Waals surface area contributed by atoms with Crippen LogP contribution in [-0.2, 0) is 11.3 Å². The SMILES string of the molecule is NCc1ccc(C2NN=C(C(F)F)O2)cn1. The molecule has 3 N–H and O–H groups in total. The third kappa shape index (κ3) is 2.08. The minimum absolute atomic E-state index is 0.331. The van der Waals surface area contributed by atoms with Crippen molar-refractivity contribution in [1.82, 2.24) is 10.4 Å². The van der Waals surface area contributed by atoms with Gasteiger partial charge in [-0.15, -0.1) is 5.10 Å². The Kier molecular flexibility index (Phi) is 2.95. The number of nitrogens with two attached hydrogens (primary N) is 1. The van der Waals surface area contributed by atoms with Crippen molar-refractivity contribution >= 4 is 5.90 Å². The predicted molar refractivity (Wildman–Crippen MR) is 52.5 cm³/mol. The van der Waals surface area contributed by atoms with Crippen LogP contribution in [0.25, 0.3) is 0 Å². The molecule has 1 aromatic rings. The van der Waals surface area contributed by atoms with E-state index in [1.165, 1.54) is 6.20 Å². The third-order valence-corrected chi connectivity index (χ3v) is 2.08. The molecule has 0 aliphatic carbocycles. The van der Waals surface area contributed by atoms with E-state index in [0.29, 0.717) is 12.1 Å². The number of rotatable bonds is 3. The largest absolute Gasteiger partial charge is 0.446 e. The van der Waals surface area contributed by atoms with Gasteiger partial charge in [-0.05, 0) is 12.1 Å². The molecule has 1 aliphatic rings. The average Bonchev–Trinajstić information content (AvgIpc) is 2.78. The van der Waals surface area contributed by atoms with Crippen molar-refractivity contribution in [3.63, 3.8) is 0 Å². The van der Waals surface area contributed by atoms with Crippen LogP contribution in [0.2, 0.25) is 0 Å². The van der Waals surface area contributed by atoms with Crippen molar-refractivity contribution in [2.45, 2.75) is 19.2 Å². The first kappa shape index (κ1) is 10.7. The minimum atomic E-state index is -2.71. The lowest BCUT2D eigenvalue weighted by atomic mass is 10.2. The van der Waals surface area contributed by atoms with Gasteiger partial charge in [0, 0.05) is 18.3 Å². The smallest absolute Gasteiger partial charge is 0.314 e. The van der Waals surface area contributed by atoms with Crippen LogP contribution >= 0.6 is 0 Å². The van der Waals surface area contributed by atoms with Crippen LogP contribution in [0.15, 0.2) is 23.4 Å². The number of aromatic nitrogens is 1. The number of nitrogens with one attached hydrogen (secondary N) is 1. The molecule has 0 saturated heterocycles. The second-order valence-electron chi connectivity index (χ2n) is 3.16. The van der Waals surface area contributed by atoms with Crippen molar-refractivity contribution < 1.29 is 13.5 Å². The highest BCUT2D eigenvalue weighted by atomic mass is 19.3. The first-order chi connectivity index (χ1) is 7.70. The zero-order valence-corrected chi connectivity index (χ0v) is 8.23. The van der Waals surface area contributed by atoms with Crippen molar-refractivity contribution in [2.24, 2.45) is 10.8 Å². The van der Waals surface area contributed by atoms with Crippen LogP contribution in [-0.4, -0.2) is 17.3 Å². The van der Waals surface area contributed by atoms with Crippen LogP contribution < -0.4 is 11.2 Å². The van der Waals surface area contributed by atoms with Gasteiger partial charge in [-0.25, -0.2) is 0 Å². The number of alkyl halides is 2. The summed E-state index contributed by atoms with van der Waals surface area (Å²) in [4.78, 5) is 4.03. The Hall–Kier alpha value is -1.76. The molecule has 16 heavy (non-hydrogen) atoms. The molecule has 1 aromatic heterocycles. The summed E-state index contributed by atoms with van der Waals surface area (Å²) < 4.78 is 29.3. The molecule has 5 nitrogen and oxygen atoms in total. The molecule has 0 bridgehead atoms. The fourth-order valence-corrected chi connectivity index (χ4v) is 1.25. The van der Waals surface area contributed by atoms with Crippen LogP contribution in [0.3, 0.4) is 0 Å². The lowest BCUT2D eigenvalue weighted by Gasteiger charge is -2.10. The molecule has 0 amide bonds. The minimum Gasteiger partial charge on any atom is -0.446 e. The number of ether oxygens (including phenoxy) is 1. The summed E-state index contributed by atoms with van der Waals surface area (Å²) >= 11 is 0. The van der Waals surface area contributed by atoms with Crippen LogP contribution in [0, 0.1) is 0 Å². The van der Waals surface area contributed by atoms with E-state index in [2.05, 4.69) is 15.5 Å². The van der Waals surface area contributed by atoms with Gasteiger partial charge in [0.15, 0.2) is 0 Å². The molecule has 0 spiro atoms. The molecule has 1 aliphatic heterocycles. The lowest BCUT2D eigenvalue weighted by molar-refractivity contribution is 0.134. The molecule has 0 fully saturated rings. The Morgan fingerprint density at radius 3 is 2.81 bits per heavy atom. The topological polar surface area (TPSA) is 72.5 Å². The van der Waals surface area contributed by atoms with E-state index in [1.807, 2.05) is 0 Å². The molecule has 1 unspecified atom stereocenters. The van der Waals surface area contributed by atoms with E-state index in [-0.39, 0.29) is 0 Å². The highest BCUT2D eigenvalue weighted by Crippen LogP contribution is 2.20. The first-order valence-corrected chi connectivity index (χ1v) is 4.63. The number of hydrogen-bond donors (Lipinski definition) is 2. The molecule has 2 heterocycles. The second kappa shape index (κ2) is 4.40. The van der Waals surface area contributed by atoms with E-state index >= 15 is 0 Å². The second-order valence-corrected chi connectivity index (χ2v) is 3.16. The van der Waals surface area contributed by atoms with E-state index in [0.717, 1.165) is 5.69 Å². The van der Waals surface area contributed by atoms with E-state index < -0.39 is 18.6 Å². The van der Waals surface area contributed by atoms with Gasteiger partial charge < -0.3 is 10.5 Å². The lowest BCUT2D eigenvalue weighted by Crippen LogP contribution is -2.15. The Morgan fingerprint density at radius 2 is 2.31 bits per heavy atom. The molecule has 86 valence electrons. The maximum absolute atomic E-state index is 12.2. The van der Waals surface area contributed by atoms with Gasteiger partial charge in [-0.1, -0.05) is 0 Å². The quantitative estimate of drug-likeness (QED) is 0.800. The van der Waals surface area contributed by atoms with Crippen LogP contribution in [0.4, 0.5) is 8.78 Å². The Labute approximate surface area is 90.3 Å². The maximum Gasteiger partial charge on any atom is 0.314 e. The van der Waals surface area contributed by atoms with Gasteiger partial charge in [0.05, 0.1) is 5.69 Å². The summed E-state index contributed by atoms with van der Waals surface area (Å²) in [5, 5.41) is 3.38. The van der Waals surface area contributed by atoms with Crippen molar-refractivity contribution in [3.05, 3.63) is 29.6 Å². The molecular formula is C9H10F2N4O. The number of hydrogen-bond acceptors (Lipinski definition) is 5. The molecular weight excluding hydrogens is 218 g/mol. The normalized spacial score (nSPS) is 19.2. The van der Waals surface area contributed by atoms with Gasteiger partial charge in [0.1, 0.15) is 0 Å². The maximum atomic E-state index is 12.2. The molecule has 1 atom stereocenters. The summed E-state index contributed by atoms with van der Waals surface area (Å²) in [5.74, 6) is -0.604. The third-order valence-electron chi connectivity index (χ3n) is 2.08.